The van der Waals surface area contributed by atoms with E-state index >= 15 is 0 Å². The van der Waals surface area contributed by atoms with Crippen molar-refractivity contribution in [3.05, 3.63) is 29.6 Å². The summed E-state index contributed by atoms with van der Waals surface area (Å²) >= 11 is 0. The average molecular weight is 226 g/mol. The minimum absolute atomic E-state index is 0.00667. The zero-order chi connectivity index (χ0) is 12.0. The third-order valence-electron chi connectivity index (χ3n) is 2.27. The zero-order valence-electron chi connectivity index (χ0n) is 10.1. The van der Waals surface area contributed by atoms with Crippen molar-refractivity contribution in [1.29, 1.82) is 0 Å². The summed E-state index contributed by atoms with van der Waals surface area (Å²) in [7, 11) is 0. The normalized spacial score (nSPS) is 18.9. The van der Waals surface area contributed by atoms with Crippen molar-refractivity contribution in [2.24, 2.45) is 0 Å². The van der Waals surface area contributed by atoms with Gasteiger partial charge in [0.15, 0.2) is 11.6 Å². The van der Waals surface area contributed by atoms with Gasteiger partial charge in [0, 0.05) is 6.42 Å². The monoisotopic (exact) mass is 226 g/mol. The molecule has 1 aromatic carbocycles. The quantitative estimate of drug-likeness (QED) is 0.770. The molecule has 1 aliphatic heterocycles. The summed E-state index contributed by atoms with van der Waals surface area (Å²) in [6.07, 6.45) is 0.847. The molecule has 1 heterocycles. The number of hydrogen-bond donors (Lipinski definition) is 0. The Morgan fingerprint density at radius 3 is 2.69 bits per heavy atom. The highest BCUT2D eigenvalue weighted by Gasteiger charge is 2.18. The lowest BCUT2D eigenvalue weighted by Gasteiger charge is -2.12. The maximum absolute atomic E-state index is 13.3. The Morgan fingerprint density at radius 2 is 2.12 bits per heavy atom. The van der Waals surface area contributed by atoms with Crippen molar-refractivity contribution in [3.63, 3.8) is 0 Å². The average Bonchev–Trinajstić information content (AvgIpc) is 2.78. The maximum Gasteiger partial charge on any atom is 0.165 e. The van der Waals surface area contributed by atoms with Gasteiger partial charge >= 0.3 is 0 Å². The molecule has 1 unspecified atom stereocenters. The van der Waals surface area contributed by atoms with Gasteiger partial charge in [0.25, 0.3) is 0 Å². The fraction of sp³-hybridized carbons (Fsp3) is 0.538. The van der Waals surface area contributed by atoms with E-state index in [1.165, 1.54) is 6.07 Å². The van der Waals surface area contributed by atoms with Crippen LogP contribution in [0.2, 0.25) is 0 Å². The molecule has 1 aliphatic rings. The summed E-state index contributed by atoms with van der Waals surface area (Å²) in [5, 5.41) is 0. The van der Waals surface area contributed by atoms with Crippen LogP contribution < -0.4 is 4.74 Å². The van der Waals surface area contributed by atoms with E-state index in [-0.39, 0.29) is 11.9 Å². The third-order valence-corrected chi connectivity index (χ3v) is 2.27. The van der Waals surface area contributed by atoms with Crippen LogP contribution in [0.1, 0.15) is 25.8 Å². The van der Waals surface area contributed by atoms with Crippen LogP contribution in [0.3, 0.4) is 0 Å². The first-order valence-corrected chi connectivity index (χ1v) is 5.76. The number of hydrogen-bond acceptors (Lipinski definition) is 2. The molecule has 0 radical (unpaired) electrons. The third kappa shape index (κ3) is 3.49. The Hall–Kier alpha value is -1.09. The second-order valence-corrected chi connectivity index (χ2v) is 3.54. The van der Waals surface area contributed by atoms with Gasteiger partial charge in [-0.2, -0.15) is 0 Å². The van der Waals surface area contributed by atoms with Gasteiger partial charge < -0.3 is 9.47 Å². The van der Waals surface area contributed by atoms with Gasteiger partial charge in [-0.05, 0) is 24.6 Å². The highest BCUT2D eigenvalue weighted by molar-refractivity contribution is 5.28. The van der Waals surface area contributed by atoms with Crippen LogP contribution in [0, 0.1) is 12.7 Å². The molecule has 1 atom stereocenters. The first-order valence-electron chi connectivity index (χ1n) is 5.76. The molecule has 1 aromatic rings. The molecule has 0 aromatic heterocycles. The molecule has 0 N–H and O–H groups in total. The van der Waals surface area contributed by atoms with E-state index < -0.39 is 0 Å². The molecule has 1 saturated heterocycles. The van der Waals surface area contributed by atoms with E-state index in [2.05, 4.69) is 0 Å². The molecule has 0 spiro atoms. The first kappa shape index (κ1) is 13.0. The van der Waals surface area contributed by atoms with E-state index in [0.717, 1.165) is 12.0 Å². The smallest absolute Gasteiger partial charge is 0.165 e. The summed E-state index contributed by atoms with van der Waals surface area (Å²) < 4.78 is 23.9. The van der Waals surface area contributed by atoms with E-state index in [0.29, 0.717) is 19.0 Å². The summed E-state index contributed by atoms with van der Waals surface area (Å²) in [5.74, 6) is 0.0306. The topological polar surface area (TPSA) is 18.5 Å². The highest BCUT2D eigenvalue weighted by atomic mass is 19.1. The molecule has 0 saturated carbocycles. The summed E-state index contributed by atoms with van der Waals surface area (Å²) in [6.45, 7) is 7.12. The number of rotatable bonds is 2. The predicted octanol–water partition coefficient (Wildman–Crippen LogP) is 3.33. The maximum atomic E-state index is 13.3. The fourth-order valence-corrected chi connectivity index (χ4v) is 1.49. The Balaban J connectivity index is 0.000000606. The SMILES string of the molecule is CC.Cc1ccc(OC2CCOC2)c(F)c1. The van der Waals surface area contributed by atoms with Gasteiger partial charge in [0.2, 0.25) is 0 Å². The minimum atomic E-state index is -0.295. The van der Waals surface area contributed by atoms with Crippen LogP contribution in [0.5, 0.6) is 5.75 Å². The van der Waals surface area contributed by atoms with Crippen LogP contribution in [-0.4, -0.2) is 19.3 Å². The number of benzene rings is 1. The van der Waals surface area contributed by atoms with Crippen molar-refractivity contribution in [2.75, 3.05) is 13.2 Å². The molecule has 1 fully saturated rings. The minimum Gasteiger partial charge on any atom is -0.485 e. The van der Waals surface area contributed by atoms with Gasteiger partial charge in [-0.3, -0.25) is 0 Å². The van der Waals surface area contributed by atoms with E-state index in [1.807, 2.05) is 26.8 Å². The molecule has 2 rings (SSSR count). The summed E-state index contributed by atoms with van der Waals surface area (Å²) in [6, 6.07) is 4.99. The number of halogens is 1. The second-order valence-electron chi connectivity index (χ2n) is 3.54. The van der Waals surface area contributed by atoms with Crippen molar-refractivity contribution in [1.82, 2.24) is 0 Å². The van der Waals surface area contributed by atoms with Crippen LogP contribution >= 0.6 is 0 Å². The summed E-state index contributed by atoms with van der Waals surface area (Å²) in [5.41, 5.74) is 0.900. The molecule has 0 amide bonds. The molecule has 0 bridgehead atoms. The molecular weight excluding hydrogens is 207 g/mol. The second kappa shape index (κ2) is 6.48. The van der Waals surface area contributed by atoms with Crippen LogP contribution in [-0.2, 0) is 4.74 Å². The number of ether oxygens (including phenoxy) is 2. The lowest BCUT2D eigenvalue weighted by atomic mass is 10.2. The standard InChI is InChI=1S/C11H13FO2.C2H6/c1-8-2-3-11(10(12)6-8)14-9-4-5-13-7-9;1-2/h2-3,6,9H,4-5,7H2,1H3;1-2H3. The van der Waals surface area contributed by atoms with Gasteiger partial charge in [-0.25, -0.2) is 4.39 Å². The van der Waals surface area contributed by atoms with E-state index in [1.54, 1.807) is 6.07 Å². The van der Waals surface area contributed by atoms with Gasteiger partial charge in [0.1, 0.15) is 6.10 Å². The Labute approximate surface area is 96.4 Å². The molecule has 0 aliphatic carbocycles. The Kier molecular flexibility index (Phi) is 5.26. The van der Waals surface area contributed by atoms with Crippen molar-refractivity contribution < 1.29 is 13.9 Å². The van der Waals surface area contributed by atoms with E-state index in [4.69, 9.17) is 9.47 Å². The summed E-state index contributed by atoms with van der Waals surface area (Å²) in [4.78, 5) is 0. The lowest BCUT2D eigenvalue weighted by molar-refractivity contribution is 0.138. The van der Waals surface area contributed by atoms with Gasteiger partial charge in [-0.15, -0.1) is 0 Å². The molecular formula is C13H19FO2. The zero-order valence-corrected chi connectivity index (χ0v) is 10.1. The molecule has 3 heteroatoms. The Morgan fingerprint density at radius 1 is 1.38 bits per heavy atom. The Bertz CT molecular complexity index is 320. The predicted molar refractivity (Wildman–Crippen MR) is 62.3 cm³/mol. The van der Waals surface area contributed by atoms with Crippen molar-refractivity contribution in [3.8, 4) is 5.75 Å². The van der Waals surface area contributed by atoms with Crippen LogP contribution in [0.25, 0.3) is 0 Å². The van der Waals surface area contributed by atoms with Crippen LogP contribution in [0.15, 0.2) is 18.2 Å². The van der Waals surface area contributed by atoms with Crippen molar-refractivity contribution in [2.45, 2.75) is 33.3 Å². The lowest BCUT2D eigenvalue weighted by Crippen LogP contribution is -2.16. The first-order chi connectivity index (χ1) is 7.75. The molecule has 90 valence electrons. The fourth-order valence-electron chi connectivity index (χ4n) is 1.49. The van der Waals surface area contributed by atoms with Crippen molar-refractivity contribution >= 4 is 0 Å². The van der Waals surface area contributed by atoms with Gasteiger partial charge in [-0.1, -0.05) is 19.9 Å². The van der Waals surface area contributed by atoms with Crippen LogP contribution in [0.4, 0.5) is 4.39 Å². The van der Waals surface area contributed by atoms with E-state index in [9.17, 15) is 4.39 Å². The highest BCUT2D eigenvalue weighted by Crippen LogP contribution is 2.21. The number of aryl methyl sites for hydroxylation is 1. The van der Waals surface area contributed by atoms with Gasteiger partial charge in [0.05, 0.1) is 13.2 Å². The largest absolute Gasteiger partial charge is 0.485 e. The molecule has 16 heavy (non-hydrogen) atoms. The molecule has 2 nitrogen and oxygen atoms in total.